The number of halogens is 1. The standard InChI is InChI=1S/C18H18ClN3O/c1-10-8-14(11(2)20)16-15(9-10)18(23)22(3)17(21-16)12-4-6-13(19)7-5-12/h4-9,11H,20H2,1-3H3/t11-/m1/s1. The predicted octanol–water partition coefficient (Wildman–Crippen LogP) is 3.58. The van der Waals surface area contributed by atoms with E-state index >= 15 is 0 Å². The first kappa shape index (κ1) is 15.7. The highest BCUT2D eigenvalue weighted by Gasteiger charge is 2.15. The Kier molecular flexibility index (Phi) is 3.96. The van der Waals surface area contributed by atoms with Gasteiger partial charge in [-0.3, -0.25) is 9.36 Å². The maximum absolute atomic E-state index is 12.8. The first-order valence-electron chi connectivity index (χ1n) is 7.41. The third-order valence-electron chi connectivity index (χ3n) is 3.95. The van der Waals surface area contributed by atoms with Crippen LogP contribution in [-0.2, 0) is 7.05 Å². The summed E-state index contributed by atoms with van der Waals surface area (Å²) in [4.78, 5) is 17.5. The van der Waals surface area contributed by atoms with Crippen molar-refractivity contribution in [1.29, 1.82) is 0 Å². The summed E-state index contributed by atoms with van der Waals surface area (Å²) in [7, 11) is 1.73. The van der Waals surface area contributed by atoms with Crippen molar-refractivity contribution in [1.82, 2.24) is 9.55 Å². The number of hydrogen-bond donors (Lipinski definition) is 1. The van der Waals surface area contributed by atoms with Gasteiger partial charge in [-0.25, -0.2) is 4.98 Å². The molecule has 1 aromatic heterocycles. The molecule has 2 aromatic carbocycles. The van der Waals surface area contributed by atoms with E-state index in [1.165, 1.54) is 0 Å². The van der Waals surface area contributed by atoms with E-state index in [1.807, 2.05) is 38.1 Å². The SMILES string of the molecule is Cc1cc([C@@H](C)N)c2nc(-c3ccc(Cl)cc3)n(C)c(=O)c2c1. The number of nitrogens with two attached hydrogens (primary N) is 1. The number of aryl methyl sites for hydroxylation is 1. The highest BCUT2D eigenvalue weighted by Crippen LogP contribution is 2.25. The Labute approximate surface area is 139 Å². The predicted molar refractivity (Wildman–Crippen MR) is 94.8 cm³/mol. The fourth-order valence-electron chi connectivity index (χ4n) is 2.76. The molecular formula is C18H18ClN3O. The summed E-state index contributed by atoms with van der Waals surface area (Å²) in [5.74, 6) is 0.602. The Hall–Kier alpha value is -2.17. The van der Waals surface area contributed by atoms with Gasteiger partial charge in [-0.1, -0.05) is 17.7 Å². The van der Waals surface area contributed by atoms with E-state index in [4.69, 9.17) is 22.3 Å². The molecule has 4 nitrogen and oxygen atoms in total. The second kappa shape index (κ2) is 5.80. The van der Waals surface area contributed by atoms with Crippen LogP contribution in [0, 0.1) is 6.92 Å². The van der Waals surface area contributed by atoms with Crippen LogP contribution in [0.15, 0.2) is 41.2 Å². The van der Waals surface area contributed by atoms with Gasteiger partial charge in [0.15, 0.2) is 0 Å². The summed E-state index contributed by atoms with van der Waals surface area (Å²) in [5, 5.41) is 1.24. The Morgan fingerprint density at radius 3 is 2.48 bits per heavy atom. The Balaban J connectivity index is 2.39. The van der Waals surface area contributed by atoms with Crippen molar-refractivity contribution >= 4 is 22.5 Å². The summed E-state index contributed by atoms with van der Waals surface area (Å²) in [5.41, 5.74) is 9.39. The van der Waals surface area contributed by atoms with Crippen LogP contribution in [0.2, 0.25) is 5.02 Å². The first-order valence-corrected chi connectivity index (χ1v) is 7.79. The second-order valence-corrected chi connectivity index (χ2v) is 6.28. The lowest BCUT2D eigenvalue weighted by Gasteiger charge is -2.14. The van der Waals surface area contributed by atoms with E-state index in [0.29, 0.717) is 21.7 Å². The normalized spacial score (nSPS) is 12.6. The van der Waals surface area contributed by atoms with E-state index in [1.54, 1.807) is 23.7 Å². The molecule has 118 valence electrons. The highest BCUT2D eigenvalue weighted by atomic mass is 35.5. The van der Waals surface area contributed by atoms with Crippen LogP contribution in [0.5, 0.6) is 0 Å². The van der Waals surface area contributed by atoms with Crippen molar-refractivity contribution in [3.63, 3.8) is 0 Å². The third kappa shape index (κ3) is 2.76. The van der Waals surface area contributed by atoms with Crippen LogP contribution < -0.4 is 11.3 Å². The first-order chi connectivity index (χ1) is 10.9. The minimum absolute atomic E-state index is 0.0782. The summed E-state index contributed by atoms with van der Waals surface area (Å²) >= 11 is 5.94. The van der Waals surface area contributed by atoms with Crippen molar-refractivity contribution in [2.75, 3.05) is 0 Å². The molecule has 5 heteroatoms. The smallest absolute Gasteiger partial charge is 0.261 e. The highest BCUT2D eigenvalue weighted by molar-refractivity contribution is 6.30. The van der Waals surface area contributed by atoms with E-state index < -0.39 is 0 Å². The molecular weight excluding hydrogens is 310 g/mol. The molecule has 0 saturated heterocycles. The van der Waals surface area contributed by atoms with Crippen molar-refractivity contribution in [2.24, 2.45) is 12.8 Å². The minimum atomic E-state index is -0.199. The van der Waals surface area contributed by atoms with E-state index in [0.717, 1.165) is 16.7 Å². The Morgan fingerprint density at radius 2 is 1.87 bits per heavy atom. The van der Waals surface area contributed by atoms with E-state index in [9.17, 15) is 4.79 Å². The zero-order valence-electron chi connectivity index (χ0n) is 13.3. The third-order valence-corrected chi connectivity index (χ3v) is 4.20. The van der Waals surface area contributed by atoms with Crippen LogP contribution in [0.3, 0.4) is 0 Å². The van der Waals surface area contributed by atoms with E-state index in [-0.39, 0.29) is 11.6 Å². The molecule has 0 saturated carbocycles. The van der Waals surface area contributed by atoms with Crippen LogP contribution >= 0.6 is 11.6 Å². The van der Waals surface area contributed by atoms with Crippen LogP contribution in [0.25, 0.3) is 22.3 Å². The monoisotopic (exact) mass is 327 g/mol. The second-order valence-electron chi connectivity index (χ2n) is 5.85. The quantitative estimate of drug-likeness (QED) is 0.782. The molecule has 0 radical (unpaired) electrons. The number of benzene rings is 2. The number of nitrogens with zero attached hydrogens (tertiary/aromatic N) is 2. The Bertz CT molecular complexity index is 943. The molecule has 3 aromatic rings. The van der Waals surface area contributed by atoms with Gasteiger partial charge >= 0.3 is 0 Å². The summed E-state index contributed by atoms with van der Waals surface area (Å²) in [6.07, 6.45) is 0. The maximum atomic E-state index is 12.8. The molecule has 0 aliphatic carbocycles. The van der Waals surface area contributed by atoms with Gasteiger partial charge in [0.05, 0.1) is 10.9 Å². The molecule has 0 unspecified atom stereocenters. The molecule has 3 rings (SSSR count). The van der Waals surface area contributed by atoms with Gasteiger partial charge in [-0.15, -0.1) is 0 Å². The number of rotatable bonds is 2. The van der Waals surface area contributed by atoms with Crippen molar-refractivity contribution in [2.45, 2.75) is 19.9 Å². The molecule has 0 aliphatic heterocycles. The average molecular weight is 328 g/mol. The molecule has 1 atom stereocenters. The van der Waals surface area contributed by atoms with Gasteiger partial charge in [-0.2, -0.15) is 0 Å². The topological polar surface area (TPSA) is 60.9 Å². The lowest BCUT2D eigenvalue weighted by molar-refractivity contribution is 0.814. The lowest BCUT2D eigenvalue weighted by Crippen LogP contribution is -2.21. The van der Waals surface area contributed by atoms with Gasteiger partial charge in [0.2, 0.25) is 0 Å². The largest absolute Gasteiger partial charge is 0.324 e. The fourth-order valence-corrected chi connectivity index (χ4v) is 2.88. The van der Waals surface area contributed by atoms with Gasteiger partial charge in [0.25, 0.3) is 5.56 Å². The molecule has 0 amide bonds. The van der Waals surface area contributed by atoms with Crippen LogP contribution in [-0.4, -0.2) is 9.55 Å². The van der Waals surface area contributed by atoms with Crippen LogP contribution in [0.4, 0.5) is 0 Å². The Morgan fingerprint density at radius 1 is 1.22 bits per heavy atom. The summed E-state index contributed by atoms with van der Waals surface area (Å²) in [6.45, 7) is 3.85. The van der Waals surface area contributed by atoms with Gasteiger partial charge in [-0.05, 0) is 55.3 Å². The molecule has 2 N–H and O–H groups in total. The molecule has 0 spiro atoms. The summed E-state index contributed by atoms with van der Waals surface area (Å²) in [6, 6.07) is 10.9. The molecule has 0 bridgehead atoms. The van der Waals surface area contributed by atoms with Crippen molar-refractivity contribution in [3.05, 3.63) is 62.9 Å². The zero-order valence-corrected chi connectivity index (χ0v) is 14.1. The maximum Gasteiger partial charge on any atom is 0.261 e. The van der Waals surface area contributed by atoms with Crippen molar-refractivity contribution < 1.29 is 0 Å². The zero-order chi connectivity index (χ0) is 16.7. The number of hydrogen-bond acceptors (Lipinski definition) is 3. The molecule has 1 heterocycles. The van der Waals surface area contributed by atoms with E-state index in [2.05, 4.69) is 0 Å². The van der Waals surface area contributed by atoms with Gasteiger partial charge in [0, 0.05) is 23.7 Å². The minimum Gasteiger partial charge on any atom is -0.324 e. The molecule has 0 aliphatic rings. The summed E-state index contributed by atoms with van der Waals surface area (Å²) < 4.78 is 1.57. The van der Waals surface area contributed by atoms with Gasteiger partial charge in [0.1, 0.15) is 5.82 Å². The molecule has 0 fully saturated rings. The fraction of sp³-hybridized carbons (Fsp3) is 0.222. The number of aromatic nitrogens is 2. The average Bonchev–Trinajstić information content (AvgIpc) is 2.51. The van der Waals surface area contributed by atoms with Gasteiger partial charge < -0.3 is 5.73 Å². The molecule has 23 heavy (non-hydrogen) atoms. The number of fused-ring (bicyclic) bond motifs is 1. The van der Waals surface area contributed by atoms with Crippen molar-refractivity contribution in [3.8, 4) is 11.4 Å². The van der Waals surface area contributed by atoms with Crippen LogP contribution in [0.1, 0.15) is 24.1 Å². The lowest BCUT2D eigenvalue weighted by atomic mass is 10.0.